The van der Waals surface area contributed by atoms with E-state index in [4.69, 9.17) is 28.6 Å². The molecule has 1 fully saturated rings. The summed E-state index contributed by atoms with van der Waals surface area (Å²) >= 11 is 11.4. The number of benzene rings is 2. The van der Waals surface area contributed by atoms with Crippen LogP contribution >= 0.6 is 23.8 Å². The third-order valence-corrected chi connectivity index (χ3v) is 6.39. The molecule has 4 rings (SSSR count). The summed E-state index contributed by atoms with van der Waals surface area (Å²) in [5.74, 6) is -0.761. The van der Waals surface area contributed by atoms with Gasteiger partial charge in [0.05, 0.1) is 30.0 Å². The second-order valence-corrected chi connectivity index (χ2v) is 8.87. The predicted octanol–water partition coefficient (Wildman–Crippen LogP) is 4.18. The minimum atomic E-state index is -0.311. The first kappa shape index (κ1) is 23.2. The molecule has 7 nitrogen and oxygen atoms in total. The summed E-state index contributed by atoms with van der Waals surface area (Å²) in [5, 5.41) is 1.06. The molecule has 0 bridgehead atoms. The first-order valence-corrected chi connectivity index (χ1v) is 11.6. The van der Waals surface area contributed by atoms with Gasteiger partial charge in [-0.3, -0.25) is 19.0 Å². The van der Waals surface area contributed by atoms with Gasteiger partial charge in [-0.15, -0.1) is 0 Å². The fraction of sp³-hybridized carbons (Fsp3) is 0.333. The van der Waals surface area contributed by atoms with E-state index < -0.39 is 0 Å². The molecule has 0 aliphatic carbocycles. The number of piperidine rings is 1. The lowest BCUT2D eigenvalue weighted by atomic mass is 9.97. The molecule has 1 saturated heterocycles. The van der Waals surface area contributed by atoms with E-state index in [2.05, 4.69) is 4.98 Å². The van der Waals surface area contributed by atoms with Crippen LogP contribution in [0.15, 0.2) is 47.3 Å². The summed E-state index contributed by atoms with van der Waals surface area (Å²) in [6.07, 6.45) is 1.45. The van der Waals surface area contributed by atoms with Crippen molar-refractivity contribution in [3.63, 3.8) is 0 Å². The van der Waals surface area contributed by atoms with Crippen molar-refractivity contribution >= 4 is 46.6 Å². The molecule has 1 N–H and O–H groups in total. The molecule has 9 heteroatoms. The number of amides is 1. The van der Waals surface area contributed by atoms with Crippen molar-refractivity contribution in [3.8, 4) is 0 Å². The minimum Gasteiger partial charge on any atom is -0.466 e. The summed E-state index contributed by atoms with van der Waals surface area (Å²) in [6, 6.07) is 12.1. The van der Waals surface area contributed by atoms with E-state index in [1.54, 1.807) is 42.2 Å². The van der Waals surface area contributed by atoms with Crippen LogP contribution in [-0.4, -0.2) is 46.0 Å². The number of fused-ring (bicyclic) bond motifs is 1. The fourth-order valence-corrected chi connectivity index (χ4v) is 4.48. The van der Waals surface area contributed by atoms with E-state index >= 15 is 0 Å². The Bertz CT molecular complexity index is 1320. The van der Waals surface area contributed by atoms with Gasteiger partial charge in [-0.2, -0.15) is 0 Å². The topological polar surface area (TPSA) is 84.4 Å². The van der Waals surface area contributed by atoms with E-state index in [0.717, 1.165) is 12.0 Å². The fourth-order valence-electron chi connectivity index (χ4n) is 4.10. The molecule has 0 radical (unpaired) electrons. The quantitative estimate of drug-likeness (QED) is 0.433. The smallest absolute Gasteiger partial charge is 0.310 e. The Morgan fingerprint density at radius 3 is 2.70 bits per heavy atom. The number of rotatable bonds is 5. The number of ether oxygens (including phenoxy) is 1. The number of hydrogen-bond donors (Lipinski definition) is 1. The highest BCUT2D eigenvalue weighted by Gasteiger charge is 2.30. The number of H-pyrrole nitrogens is 1. The van der Waals surface area contributed by atoms with Crippen LogP contribution in [0.1, 0.15) is 35.7 Å². The van der Waals surface area contributed by atoms with Crippen molar-refractivity contribution in [2.45, 2.75) is 26.3 Å². The second kappa shape index (κ2) is 9.89. The maximum absolute atomic E-state index is 13.1. The minimum absolute atomic E-state index is 0.185. The van der Waals surface area contributed by atoms with Crippen molar-refractivity contribution < 1.29 is 14.3 Å². The molecule has 1 aliphatic rings. The average Bonchev–Trinajstić information content (AvgIpc) is 2.82. The Labute approximate surface area is 200 Å². The molecule has 2 heterocycles. The number of carbonyl (C=O) groups excluding carboxylic acids is 2. The highest BCUT2D eigenvalue weighted by molar-refractivity contribution is 7.71. The second-order valence-electron chi connectivity index (χ2n) is 8.05. The first-order chi connectivity index (χ1) is 15.9. The number of hydrogen-bond acceptors (Lipinski definition) is 5. The van der Waals surface area contributed by atoms with Crippen LogP contribution in [0.4, 0.5) is 0 Å². The van der Waals surface area contributed by atoms with Crippen molar-refractivity contribution in [2.75, 3.05) is 19.7 Å². The zero-order chi connectivity index (χ0) is 23.5. The maximum atomic E-state index is 13.1. The lowest BCUT2D eigenvalue weighted by molar-refractivity contribution is -0.149. The molecule has 1 aliphatic heterocycles. The van der Waals surface area contributed by atoms with Crippen LogP contribution in [0.25, 0.3) is 10.9 Å². The number of likely N-dealkylation sites (tertiary alicyclic amines) is 1. The zero-order valence-electron chi connectivity index (χ0n) is 18.2. The molecule has 0 saturated carbocycles. The molecular formula is C24H24ClN3O4S. The van der Waals surface area contributed by atoms with Gasteiger partial charge in [-0.05, 0) is 67.9 Å². The monoisotopic (exact) mass is 485 g/mol. The first-order valence-electron chi connectivity index (χ1n) is 10.8. The molecular weight excluding hydrogens is 462 g/mol. The largest absolute Gasteiger partial charge is 0.466 e. The van der Waals surface area contributed by atoms with Crippen LogP contribution in [0.3, 0.4) is 0 Å². The SMILES string of the molecule is CCOC(=O)[C@@H]1CCCN(C(=O)c2ccc3c(=O)n(Cc4ccc(Cl)cc4)c(=S)[nH]c3c2)C1. The number of nitrogens with zero attached hydrogens (tertiary/aromatic N) is 2. The van der Waals surface area contributed by atoms with Crippen molar-refractivity contribution in [1.29, 1.82) is 0 Å². The highest BCUT2D eigenvalue weighted by Crippen LogP contribution is 2.21. The number of halogens is 1. The lowest BCUT2D eigenvalue weighted by Crippen LogP contribution is -2.42. The van der Waals surface area contributed by atoms with E-state index in [1.807, 2.05) is 12.1 Å². The summed E-state index contributed by atoms with van der Waals surface area (Å²) in [5.41, 5.74) is 1.60. The summed E-state index contributed by atoms with van der Waals surface area (Å²) in [6.45, 7) is 3.31. The number of nitrogens with one attached hydrogen (secondary N) is 1. The van der Waals surface area contributed by atoms with Gasteiger partial charge >= 0.3 is 5.97 Å². The van der Waals surface area contributed by atoms with Crippen LogP contribution in [0.2, 0.25) is 5.02 Å². The van der Waals surface area contributed by atoms with Gasteiger partial charge < -0.3 is 14.6 Å². The third kappa shape index (κ3) is 5.02. The van der Waals surface area contributed by atoms with Gasteiger partial charge in [0.2, 0.25) is 0 Å². The number of carbonyl (C=O) groups is 2. The van der Waals surface area contributed by atoms with Gasteiger partial charge in [0.1, 0.15) is 0 Å². The third-order valence-electron chi connectivity index (χ3n) is 5.81. The van der Waals surface area contributed by atoms with E-state index in [-0.39, 0.29) is 28.1 Å². The Hall–Kier alpha value is -2.97. The van der Waals surface area contributed by atoms with E-state index in [1.165, 1.54) is 4.57 Å². The summed E-state index contributed by atoms with van der Waals surface area (Å²) in [7, 11) is 0. The molecule has 1 aromatic heterocycles. The molecule has 3 aromatic rings. The van der Waals surface area contributed by atoms with Crippen molar-refractivity contribution in [2.24, 2.45) is 5.92 Å². The average molecular weight is 486 g/mol. The number of aromatic nitrogens is 2. The maximum Gasteiger partial charge on any atom is 0.310 e. The van der Waals surface area contributed by atoms with Gasteiger partial charge in [0, 0.05) is 23.7 Å². The number of esters is 1. The normalized spacial score (nSPS) is 16.1. The highest BCUT2D eigenvalue weighted by atomic mass is 35.5. The van der Waals surface area contributed by atoms with E-state index in [9.17, 15) is 14.4 Å². The van der Waals surface area contributed by atoms with Crippen molar-refractivity contribution in [3.05, 3.63) is 73.7 Å². The molecule has 0 spiro atoms. The lowest BCUT2D eigenvalue weighted by Gasteiger charge is -2.31. The molecule has 0 unspecified atom stereocenters. The van der Waals surface area contributed by atoms with Gasteiger partial charge in [-0.25, -0.2) is 0 Å². The molecule has 1 atom stereocenters. The van der Waals surface area contributed by atoms with Gasteiger partial charge in [0.25, 0.3) is 11.5 Å². The van der Waals surface area contributed by atoms with Crippen LogP contribution in [-0.2, 0) is 16.1 Å². The number of aromatic amines is 1. The zero-order valence-corrected chi connectivity index (χ0v) is 19.7. The Kier molecular flexibility index (Phi) is 6.95. The standard InChI is InChI=1S/C24H24ClN3O4S/c1-2-32-23(31)17-4-3-11-27(14-17)21(29)16-7-10-19-20(12-16)26-24(33)28(22(19)30)13-15-5-8-18(25)9-6-15/h5-10,12,17H,2-4,11,13-14H2,1H3,(H,26,33)/t17-/m1/s1. The van der Waals surface area contributed by atoms with Crippen LogP contribution in [0, 0.1) is 10.7 Å². The van der Waals surface area contributed by atoms with Gasteiger partial charge in [-0.1, -0.05) is 23.7 Å². The summed E-state index contributed by atoms with van der Waals surface area (Å²) < 4.78 is 6.88. The Balaban J connectivity index is 1.60. The van der Waals surface area contributed by atoms with Gasteiger partial charge in [0.15, 0.2) is 4.77 Å². The predicted molar refractivity (Wildman–Crippen MR) is 129 cm³/mol. The van der Waals surface area contributed by atoms with Crippen LogP contribution in [0.5, 0.6) is 0 Å². The molecule has 1 amide bonds. The Morgan fingerprint density at radius 1 is 1.21 bits per heavy atom. The molecule has 33 heavy (non-hydrogen) atoms. The van der Waals surface area contributed by atoms with Crippen molar-refractivity contribution in [1.82, 2.24) is 14.5 Å². The summed E-state index contributed by atoms with van der Waals surface area (Å²) in [4.78, 5) is 43.1. The molecule has 2 aromatic carbocycles. The van der Waals surface area contributed by atoms with Crippen LogP contribution < -0.4 is 5.56 Å². The van der Waals surface area contributed by atoms with E-state index in [0.29, 0.717) is 54.2 Å². The molecule has 172 valence electrons. The Morgan fingerprint density at radius 2 is 1.97 bits per heavy atom.